The fraction of sp³-hybridized carbons (Fsp3) is 0.189. The largest absolute Gasteiger partial charge is 0.361 e. The van der Waals surface area contributed by atoms with Gasteiger partial charge in [-0.15, -0.1) is 0 Å². The normalized spacial score (nSPS) is 11.4. The predicted octanol–water partition coefficient (Wildman–Crippen LogP) is 5.86. The molecule has 0 aliphatic carbocycles. The van der Waals surface area contributed by atoms with Gasteiger partial charge in [0, 0.05) is 61.8 Å². The lowest BCUT2D eigenvalue weighted by Crippen LogP contribution is -2.42. The zero-order valence-corrected chi connectivity index (χ0v) is 25.2. The summed E-state index contributed by atoms with van der Waals surface area (Å²) >= 11 is 0. The van der Waals surface area contributed by atoms with Gasteiger partial charge in [-0.2, -0.15) is 0 Å². The first-order chi connectivity index (χ1) is 22.1. The van der Waals surface area contributed by atoms with Crippen molar-refractivity contribution in [2.75, 3.05) is 26.2 Å². The number of hydrogen-bond acceptors (Lipinski definition) is 4. The summed E-state index contributed by atoms with van der Waals surface area (Å²) in [4.78, 5) is 29.9. The molecule has 0 saturated carbocycles. The van der Waals surface area contributed by atoms with E-state index in [1.54, 1.807) is 11.6 Å². The van der Waals surface area contributed by atoms with Crippen molar-refractivity contribution < 1.29 is 14.8 Å². The molecular weight excluding hydrogens is 562 g/mol. The van der Waals surface area contributed by atoms with Crippen LogP contribution in [0, 0.1) is 0 Å². The molecule has 45 heavy (non-hydrogen) atoms. The predicted molar refractivity (Wildman–Crippen MR) is 179 cm³/mol. The van der Waals surface area contributed by atoms with Crippen LogP contribution >= 0.6 is 0 Å². The first-order valence-electron chi connectivity index (χ1n) is 15.2. The number of para-hydroxylation sites is 1. The lowest BCUT2D eigenvalue weighted by atomic mass is 9.91. The van der Waals surface area contributed by atoms with Crippen molar-refractivity contribution in [1.29, 1.82) is 0 Å². The van der Waals surface area contributed by atoms with Crippen LogP contribution in [0.25, 0.3) is 17.0 Å². The third-order valence-electron chi connectivity index (χ3n) is 7.88. The fourth-order valence-corrected chi connectivity index (χ4v) is 5.47. The molecule has 8 nitrogen and oxygen atoms in total. The van der Waals surface area contributed by atoms with Gasteiger partial charge in [0.25, 0.3) is 5.91 Å². The molecule has 4 aromatic carbocycles. The van der Waals surface area contributed by atoms with Crippen molar-refractivity contribution in [3.63, 3.8) is 0 Å². The van der Waals surface area contributed by atoms with Gasteiger partial charge in [-0.05, 0) is 46.4 Å². The number of carbonyl (C=O) groups is 2. The van der Waals surface area contributed by atoms with Crippen LogP contribution < -0.4 is 16.1 Å². The highest BCUT2D eigenvalue weighted by Crippen LogP contribution is 2.24. The molecule has 0 spiro atoms. The van der Waals surface area contributed by atoms with Gasteiger partial charge in [-0.1, -0.05) is 103 Å². The maximum atomic E-state index is 12.9. The molecule has 230 valence electrons. The molecule has 0 aliphatic heterocycles. The second kappa shape index (κ2) is 16.0. The highest BCUT2D eigenvalue weighted by molar-refractivity contribution is 5.90. The van der Waals surface area contributed by atoms with E-state index in [-0.39, 0.29) is 11.9 Å². The van der Waals surface area contributed by atoms with E-state index in [2.05, 4.69) is 69.2 Å². The van der Waals surface area contributed by atoms with Crippen LogP contribution in [0.15, 0.2) is 121 Å². The van der Waals surface area contributed by atoms with Gasteiger partial charge in [0.15, 0.2) is 0 Å². The Labute approximate surface area is 263 Å². The van der Waals surface area contributed by atoms with E-state index in [0.717, 1.165) is 40.7 Å². The number of urea groups is 1. The molecule has 0 radical (unpaired) electrons. The number of carbonyl (C=O) groups excluding carboxylic acids is 2. The van der Waals surface area contributed by atoms with Crippen LogP contribution in [0.2, 0.25) is 0 Å². The lowest BCUT2D eigenvalue weighted by Gasteiger charge is -2.23. The number of aromatic nitrogens is 1. The van der Waals surface area contributed by atoms with Gasteiger partial charge in [0.05, 0.1) is 0 Å². The molecule has 8 heteroatoms. The average molecular weight is 602 g/mol. The Kier molecular flexibility index (Phi) is 11.1. The Morgan fingerprint density at radius 3 is 2.16 bits per heavy atom. The lowest BCUT2D eigenvalue weighted by molar-refractivity contribution is -0.124. The van der Waals surface area contributed by atoms with Crippen molar-refractivity contribution in [3.05, 3.63) is 149 Å². The molecule has 1 heterocycles. The van der Waals surface area contributed by atoms with Gasteiger partial charge < -0.3 is 15.6 Å². The Morgan fingerprint density at radius 1 is 0.800 bits per heavy atom. The number of nitrogens with one attached hydrogen (secondary N) is 4. The number of amides is 3. The van der Waals surface area contributed by atoms with E-state index in [4.69, 9.17) is 5.21 Å². The van der Waals surface area contributed by atoms with Gasteiger partial charge in [-0.25, -0.2) is 10.3 Å². The number of nitrogens with zero attached hydrogens (tertiary/aromatic N) is 1. The number of hydroxylamine groups is 1. The van der Waals surface area contributed by atoms with Crippen LogP contribution in [0.4, 0.5) is 4.79 Å². The van der Waals surface area contributed by atoms with Crippen molar-refractivity contribution in [2.24, 2.45) is 0 Å². The van der Waals surface area contributed by atoms with Crippen molar-refractivity contribution >= 4 is 28.9 Å². The van der Waals surface area contributed by atoms with Gasteiger partial charge >= 0.3 is 6.03 Å². The summed E-state index contributed by atoms with van der Waals surface area (Å²) in [6, 6.07) is 36.5. The Hall–Kier alpha value is -5.18. The number of benzene rings is 4. The maximum Gasteiger partial charge on any atom is 0.314 e. The topological polar surface area (TPSA) is 109 Å². The van der Waals surface area contributed by atoms with Gasteiger partial charge in [-0.3, -0.25) is 14.9 Å². The summed E-state index contributed by atoms with van der Waals surface area (Å²) in [6.07, 6.45) is 5.87. The van der Waals surface area contributed by atoms with Gasteiger partial charge in [0.1, 0.15) is 0 Å². The van der Waals surface area contributed by atoms with Crippen molar-refractivity contribution in [2.45, 2.75) is 18.9 Å². The molecule has 0 saturated heterocycles. The number of rotatable bonds is 14. The van der Waals surface area contributed by atoms with E-state index in [1.807, 2.05) is 66.7 Å². The molecule has 3 amide bonds. The van der Waals surface area contributed by atoms with Crippen molar-refractivity contribution in [3.8, 4) is 0 Å². The summed E-state index contributed by atoms with van der Waals surface area (Å²) in [7, 11) is 0. The molecular formula is C37H39N5O3. The SMILES string of the molecule is O=C(C=Cc1ccc(CN(CCNC(=O)NCC(c2ccccc2)c2ccccc2)CCc2c[nH]c3ccccc23)cc1)NO. The first-order valence-corrected chi connectivity index (χ1v) is 15.2. The molecule has 5 aromatic rings. The summed E-state index contributed by atoms with van der Waals surface area (Å²) in [5.41, 5.74) is 8.28. The quantitative estimate of drug-likeness (QED) is 0.0624. The van der Waals surface area contributed by atoms with Crippen LogP contribution in [-0.4, -0.2) is 53.2 Å². The molecule has 0 atom stereocenters. The van der Waals surface area contributed by atoms with Crippen LogP contribution in [0.3, 0.4) is 0 Å². The molecule has 5 rings (SSSR count). The highest BCUT2D eigenvalue weighted by atomic mass is 16.5. The molecule has 0 fully saturated rings. The molecule has 0 aliphatic rings. The van der Waals surface area contributed by atoms with Crippen molar-refractivity contribution in [1.82, 2.24) is 26.0 Å². The minimum absolute atomic E-state index is 0.0571. The zero-order chi connectivity index (χ0) is 31.3. The standard InChI is InChI=1S/C37H39N5O3/c43-36(41-45)20-19-28-15-17-29(18-16-28)27-42(23-21-32-25-39-35-14-8-7-13-33(32)35)24-22-38-37(44)40-26-34(30-9-3-1-4-10-30)31-11-5-2-6-12-31/h1-20,25,34,39,45H,21-24,26-27H2,(H,41,43)(H2,38,40,44). The second-order valence-corrected chi connectivity index (χ2v) is 10.9. The van der Waals surface area contributed by atoms with Crippen LogP contribution in [0.1, 0.15) is 33.7 Å². The van der Waals surface area contributed by atoms with E-state index < -0.39 is 5.91 Å². The average Bonchev–Trinajstić information content (AvgIpc) is 3.50. The summed E-state index contributed by atoms with van der Waals surface area (Å²) < 4.78 is 0. The third kappa shape index (κ3) is 9.15. The minimum atomic E-state index is -0.574. The number of fused-ring (bicyclic) bond motifs is 1. The highest BCUT2D eigenvalue weighted by Gasteiger charge is 2.15. The fourth-order valence-electron chi connectivity index (χ4n) is 5.47. The van der Waals surface area contributed by atoms with Gasteiger partial charge in [0.2, 0.25) is 0 Å². The summed E-state index contributed by atoms with van der Waals surface area (Å²) in [5, 5.41) is 16.1. The Bertz CT molecular complexity index is 1640. The maximum absolute atomic E-state index is 12.9. The second-order valence-electron chi connectivity index (χ2n) is 10.9. The van der Waals surface area contributed by atoms with E-state index in [0.29, 0.717) is 26.2 Å². The summed E-state index contributed by atoms with van der Waals surface area (Å²) in [5.74, 6) is -0.517. The Balaban J connectivity index is 1.19. The number of aromatic amines is 1. The molecule has 0 bridgehead atoms. The molecule has 1 aromatic heterocycles. The molecule has 5 N–H and O–H groups in total. The Morgan fingerprint density at radius 2 is 1.47 bits per heavy atom. The monoisotopic (exact) mass is 601 g/mol. The van der Waals surface area contributed by atoms with E-state index in [9.17, 15) is 9.59 Å². The zero-order valence-electron chi connectivity index (χ0n) is 25.2. The molecule has 0 unspecified atom stereocenters. The van der Waals surface area contributed by atoms with E-state index >= 15 is 0 Å². The summed E-state index contributed by atoms with van der Waals surface area (Å²) in [6.45, 7) is 3.18. The van der Waals surface area contributed by atoms with Crippen LogP contribution in [-0.2, 0) is 17.8 Å². The minimum Gasteiger partial charge on any atom is -0.361 e. The first kappa shape index (κ1) is 31.3. The number of hydrogen-bond donors (Lipinski definition) is 5. The third-order valence-corrected chi connectivity index (χ3v) is 7.88. The smallest absolute Gasteiger partial charge is 0.314 e. The number of H-pyrrole nitrogens is 1. The van der Waals surface area contributed by atoms with E-state index in [1.165, 1.54) is 17.0 Å². The van der Waals surface area contributed by atoms with Crippen LogP contribution in [0.5, 0.6) is 0 Å².